The third-order valence-corrected chi connectivity index (χ3v) is 1.88. The lowest BCUT2D eigenvalue weighted by molar-refractivity contribution is -0.131. The zero-order chi connectivity index (χ0) is 9.84. The molecular weight excluding hydrogens is 164 g/mol. The number of ketones is 2. The normalized spacial score (nSPS) is 15.9. The van der Waals surface area contributed by atoms with Gasteiger partial charge in [-0.3, -0.25) is 9.59 Å². The second-order valence-electron chi connectivity index (χ2n) is 3.20. The van der Waals surface area contributed by atoms with Crippen LogP contribution in [0.2, 0.25) is 0 Å². The van der Waals surface area contributed by atoms with Crippen molar-refractivity contribution < 1.29 is 9.59 Å². The summed E-state index contributed by atoms with van der Waals surface area (Å²) in [5.74, 6) is -0.789. The fourth-order valence-electron chi connectivity index (χ4n) is 1.11. The summed E-state index contributed by atoms with van der Waals surface area (Å²) in [6.45, 7) is 5.65. The molecule has 0 atom stereocenters. The molecule has 0 N–H and O–H groups in total. The van der Waals surface area contributed by atoms with E-state index in [1.165, 1.54) is 6.08 Å². The smallest absolute Gasteiger partial charge is 0.228 e. The summed E-state index contributed by atoms with van der Waals surface area (Å²) >= 11 is 0. The molecule has 0 amide bonds. The third kappa shape index (κ3) is 2.51. The Labute approximate surface area is 77.6 Å². The molecule has 0 aromatic carbocycles. The highest BCUT2D eigenvalue weighted by atomic mass is 16.2. The van der Waals surface area contributed by atoms with Crippen LogP contribution in [-0.2, 0) is 9.59 Å². The van der Waals surface area contributed by atoms with Crippen molar-refractivity contribution in [1.29, 1.82) is 0 Å². The maximum absolute atomic E-state index is 11.2. The van der Waals surface area contributed by atoms with Crippen LogP contribution in [0.4, 0.5) is 0 Å². The van der Waals surface area contributed by atoms with Crippen LogP contribution in [-0.4, -0.2) is 11.6 Å². The molecule has 0 aromatic heterocycles. The summed E-state index contributed by atoms with van der Waals surface area (Å²) in [5.41, 5.74) is 1.62. The van der Waals surface area contributed by atoms with Gasteiger partial charge in [-0.1, -0.05) is 17.7 Å². The van der Waals surface area contributed by atoms with Gasteiger partial charge in [0, 0.05) is 5.57 Å². The van der Waals surface area contributed by atoms with E-state index in [0.717, 1.165) is 12.0 Å². The summed E-state index contributed by atoms with van der Waals surface area (Å²) in [6.07, 6.45) is 6.00. The Morgan fingerprint density at radius 3 is 2.77 bits per heavy atom. The summed E-state index contributed by atoms with van der Waals surface area (Å²) < 4.78 is 0. The van der Waals surface area contributed by atoms with Crippen molar-refractivity contribution in [2.45, 2.75) is 19.8 Å². The van der Waals surface area contributed by atoms with Gasteiger partial charge in [-0.15, -0.1) is 6.58 Å². The first-order chi connectivity index (χ1) is 6.11. The van der Waals surface area contributed by atoms with Crippen molar-refractivity contribution in [3.8, 4) is 0 Å². The molecule has 13 heavy (non-hydrogen) atoms. The zero-order valence-corrected chi connectivity index (χ0v) is 7.67. The predicted octanol–water partition coefficient (Wildman–Crippen LogP) is 1.98. The standard InChI is InChI=1S/C11H12O2/c1-8(2)6-7-9-4-3-5-10(12)11(9)13/h3-5H,1,6-7H2,2H3. The van der Waals surface area contributed by atoms with Crippen LogP contribution in [0, 0.1) is 0 Å². The number of allylic oxidation sites excluding steroid dienone is 5. The van der Waals surface area contributed by atoms with Gasteiger partial charge in [-0.05, 0) is 25.8 Å². The highest BCUT2D eigenvalue weighted by molar-refractivity contribution is 6.48. The minimum absolute atomic E-state index is 0.372. The maximum atomic E-state index is 11.2. The average Bonchev–Trinajstić information content (AvgIpc) is 2.07. The molecule has 0 fully saturated rings. The molecule has 1 rings (SSSR count). The first-order valence-electron chi connectivity index (χ1n) is 4.21. The number of carbonyl (C=O) groups is 2. The van der Waals surface area contributed by atoms with Crippen molar-refractivity contribution in [3.63, 3.8) is 0 Å². The van der Waals surface area contributed by atoms with Crippen LogP contribution in [0.1, 0.15) is 19.8 Å². The predicted molar refractivity (Wildman–Crippen MR) is 51.3 cm³/mol. The molecule has 0 radical (unpaired) electrons. The Bertz CT molecular complexity index is 319. The van der Waals surface area contributed by atoms with Crippen LogP contribution >= 0.6 is 0 Å². The minimum atomic E-state index is -0.417. The first kappa shape index (κ1) is 9.65. The van der Waals surface area contributed by atoms with Gasteiger partial charge >= 0.3 is 0 Å². The minimum Gasteiger partial charge on any atom is -0.286 e. The van der Waals surface area contributed by atoms with Gasteiger partial charge in [0.05, 0.1) is 0 Å². The lowest BCUT2D eigenvalue weighted by atomic mass is 9.97. The van der Waals surface area contributed by atoms with Gasteiger partial charge in [0.15, 0.2) is 0 Å². The van der Waals surface area contributed by atoms with E-state index >= 15 is 0 Å². The van der Waals surface area contributed by atoms with Crippen LogP contribution < -0.4 is 0 Å². The molecule has 0 bridgehead atoms. The van der Waals surface area contributed by atoms with E-state index in [-0.39, 0.29) is 5.78 Å². The highest BCUT2D eigenvalue weighted by Gasteiger charge is 2.17. The molecule has 0 aliphatic heterocycles. The second kappa shape index (κ2) is 3.99. The van der Waals surface area contributed by atoms with E-state index in [2.05, 4.69) is 6.58 Å². The quantitative estimate of drug-likeness (QED) is 0.374. The van der Waals surface area contributed by atoms with Crippen molar-refractivity contribution >= 4 is 11.6 Å². The van der Waals surface area contributed by atoms with Gasteiger partial charge in [-0.25, -0.2) is 0 Å². The maximum Gasteiger partial charge on any atom is 0.228 e. The Balaban J connectivity index is 2.64. The first-order valence-corrected chi connectivity index (χ1v) is 4.21. The van der Waals surface area contributed by atoms with E-state index in [1.807, 2.05) is 6.92 Å². The monoisotopic (exact) mass is 176 g/mol. The Hall–Kier alpha value is -1.44. The fourth-order valence-corrected chi connectivity index (χ4v) is 1.11. The Morgan fingerprint density at radius 2 is 2.15 bits per heavy atom. The molecule has 1 aliphatic carbocycles. The van der Waals surface area contributed by atoms with Crippen molar-refractivity contribution in [2.24, 2.45) is 0 Å². The molecule has 1 aliphatic rings. The van der Waals surface area contributed by atoms with E-state index in [1.54, 1.807) is 12.2 Å². The molecule has 0 saturated heterocycles. The van der Waals surface area contributed by atoms with Crippen LogP contribution in [0.5, 0.6) is 0 Å². The Morgan fingerprint density at radius 1 is 1.46 bits per heavy atom. The number of Topliss-reactive ketones (excluding diaryl/α,β-unsaturated/α-hetero) is 1. The fraction of sp³-hybridized carbons (Fsp3) is 0.273. The van der Waals surface area contributed by atoms with Crippen LogP contribution in [0.15, 0.2) is 36.0 Å². The van der Waals surface area contributed by atoms with Crippen molar-refractivity contribution in [3.05, 3.63) is 36.0 Å². The number of rotatable bonds is 3. The van der Waals surface area contributed by atoms with E-state index in [4.69, 9.17) is 0 Å². The van der Waals surface area contributed by atoms with Crippen molar-refractivity contribution in [2.75, 3.05) is 0 Å². The topological polar surface area (TPSA) is 34.1 Å². The highest BCUT2D eigenvalue weighted by Crippen LogP contribution is 2.14. The molecule has 0 unspecified atom stereocenters. The number of carbonyl (C=O) groups excluding carboxylic acids is 2. The van der Waals surface area contributed by atoms with Gasteiger partial charge in [0.2, 0.25) is 11.6 Å². The molecule has 0 aromatic rings. The van der Waals surface area contributed by atoms with Gasteiger partial charge in [0.1, 0.15) is 0 Å². The summed E-state index contributed by atoms with van der Waals surface area (Å²) in [6, 6.07) is 0. The van der Waals surface area contributed by atoms with Crippen LogP contribution in [0.25, 0.3) is 0 Å². The zero-order valence-electron chi connectivity index (χ0n) is 7.67. The summed E-state index contributed by atoms with van der Waals surface area (Å²) in [4.78, 5) is 22.2. The summed E-state index contributed by atoms with van der Waals surface area (Å²) in [5, 5.41) is 0. The molecular formula is C11H12O2. The van der Waals surface area contributed by atoms with Crippen LogP contribution in [0.3, 0.4) is 0 Å². The third-order valence-electron chi connectivity index (χ3n) is 1.88. The number of hydrogen-bond acceptors (Lipinski definition) is 2. The molecule has 0 spiro atoms. The van der Waals surface area contributed by atoms with E-state index < -0.39 is 5.78 Å². The average molecular weight is 176 g/mol. The SMILES string of the molecule is C=C(C)CCC1=CC=CC(=O)C1=O. The second-order valence-corrected chi connectivity index (χ2v) is 3.20. The molecule has 2 heteroatoms. The largest absolute Gasteiger partial charge is 0.286 e. The lowest BCUT2D eigenvalue weighted by Crippen LogP contribution is -2.16. The van der Waals surface area contributed by atoms with E-state index in [0.29, 0.717) is 12.0 Å². The lowest BCUT2D eigenvalue weighted by Gasteiger charge is -2.06. The molecule has 68 valence electrons. The molecule has 0 heterocycles. The number of hydrogen-bond donors (Lipinski definition) is 0. The van der Waals surface area contributed by atoms with E-state index in [9.17, 15) is 9.59 Å². The Kier molecular flexibility index (Phi) is 2.96. The summed E-state index contributed by atoms with van der Waals surface area (Å²) in [7, 11) is 0. The molecule has 2 nitrogen and oxygen atoms in total. The van der Waals surface area contributed by atoms with Gasteiger partial charge in [0.25, 0.3) is 0 Å². The van der Waals surface area contributed by atoms with Gasteiger partial charge < -0.3 is 0 Å². The molecule has 0 saturated carbocycles. The van der Waals surface area contributed by atoms with Gasteiger partial charge in [-0.2, -0.15) is 0 Å². The van der Waals surface area contributed by atoms with Crippen molar-refractivity contribution in [1.82, 2.24) is 0 Å².